The summed E-state index contributed by atoms with van der Waals surface area (Å²) in [4.78, 5) is 14.7. The minimum absolute atomic E-state index is 0.143. The Morgan fingerprint density at radius 3 is 2.58 bits per heavy atom. The molecule has 0 amide bonds. The number of nitrogens with two attached hydrogens (primary N) is 1. The van der Waals surface area contributed by atoms with Crippen molar-refractivity contribution in [3.63, 3.8) is 0 Å². The molecule has 0 unspecified atom stereocenters. The Morgan fingerprint density at radius 2 is 2.04 bits per heavy atom. The molecule has 0 saturated heterocycles. The standard InChI is InChI=1S/C13H15N5O4S2/c1-9(15-12-16-17-13(23-12)24(14,21)22)7-11(8-18(19)20)10-5-3-2-4-6-10/h2-6,11H,7-8H2,1H3,(H2,14,21,22)/t11-/m1/s1. The lowest BCUT2D eigenvalue weighted by atomic mass is 9.94. The van der Waals surface area contributed by atoms with Gasteiger partial charge in [0, 0.05) is 10.6 Å². The molecule has 24 heavy (non-hydrogen) atoms. The molecule has 1 aromatic carbocycles. The maximum Gasteiger partial charge on any atom is 0.267 e. The molecule has 9 nitrogen and oxygen atoms in total. The van der Waals surface area contributed by atoms with Crippen LogP contribution in [0.3, 0.4) is 0 Å². The van der Waals surface area contributed by atoms with E-state index < -0.39 is 10.0 Å². The lowest BCUT2D eigenvalue weighted by Crippen LogP contribution is -2.15. The Kier molecular flexibility index (Phi) is 5.70. The molecule has 0 saturated carbocycles. The van der Waals surface area contributed by atoms with Crippen molar-refractivity contribution in [2.75, 3.05) is 6.54 Å². The summed E-state index contributed by atoms with van der Waals surface area (Å²) in [5, 5.41) is 23.1. The number of aliphatic imine (C=N–C) groups is 1. The SMILES string of the molecule is CC(C[C@H](C[N+](=O)[O-])c1ccccc1)=Nc1nnc(S(N)(=O)=O)s1. The van der Waals surface area contributed by atoms with Crippen molar-refractivity contribution in [2.24, 2.45) is 10.1 Å². The monoisotopic (exact) mass is 369 g/mol. The molecule has 0 aliphatic heterocycles. The van der Waals surface area contributed by atoms with Crippen molar-refractivity contribution >= 4 is 32.2 Å². The minimum Gasteiger partial charge on any atom is -0.265 e. The summed E-state index contributed by atoms with van der Waals surface area (Å²) >= 11 is 0.748. The van der Waals surface area contributed by atoms with Crippen LogP contribution in [0.5, 0.6) is 0 Å². The molecule has 1 aromatic heterocycles. The lowest BCUT2D eigenvalue weighted by Gasteiger charge is -2.12. The van der Waals surface area contributed by atoms with Crippen molar-refractivity contribution in [1.82, 2.24) is 10.2 Å². The highest BCUT2D eigenvalue weighted by molar-refractivity contribution is 7.91. The van der Waals surface area contributed by atoms with Crippen molar-refractivity contribution in [3.8, 4) is 0 Å². The molecule has 2 N–H and O–H groups in total. The first-order chi connectivity index (χ1) is 11.3. The fourth-order valence-corrected chi connectivity index (χ4v) is 3.48. The maximum atomic E-state index is 11.2. The molecule has 0 fully saturated rings. The molecule has 2 rings (SSSR count). The zero-order valence-corrected chi connectivity index (χ0v) is 14.3. The van der Waals surface area contributed by atoms with Gasteiger partial charge in [0.2, 0.25) is 16.0 Å². The summed E-state index contributed by atoms with van der Waals surface area (Å²) in [5.74, 6) is -0.337. The Labute approximate surface area is 142 Å². The van der Waals surface area contributed by atoms with Gasteiger partial charge in [0.15, 0.2) is 0 Å². The summed E-state index contributed by atoms with van der Waals surface area (Å²) < 4.78 is 22.0. The van der Waals surface area contributed by atoms with E-state index >= 15 is 0 Å². The zero-order chi connectivity index (χ0) is 17.7. The Hall–Kier alpha value is -2.24. The molecule has 0 spiro atoms. The van der Waals surface area contributed by atoms with Gasteiger partial charge in [0.25, 0.3) is 10.0 Å². The molecule has 0 radical (unpaired) electrons. The Bertz CT molecular complexity index is 848. The predicted octanol–water partition coefficient (Wildman–Crippen LogP) is 1.73. The Balaban J connectivity index is 2.19. The average Bonchev–Trinajstić information content (AvgIpc) is 2.95. The van der Waals surface area contributed by atoms with E-state index in [4.69, 9.17) is 5.14 Å². The van der Waals surface area contributed by atoms with Gasteiger partial charge in [0.05, 0.1) is 5.92 Å². The number of aromatic nitrogens is 2. The van der Waals surface area contributed by atoms with Crippen LogP contribution in [0, 0.1) is 10.1 Å². The first kappa shape index (κ1) is 18.1. The van der Waals surface area contributed by atoms with Crippen LogP contribution in [0.15, 0.2) is 39.7 Å². The summed E-state index contributed by atoms with van der Waals surface area (Å²) in [5.41, 5.74) is 1.43. The second kappa shape index (κ2) is 7.55. The molecule has 11 heteroatoms. The third kappa shape index (κ3) is 5.15. The second-order valence-corrected chi connectivity index (χ2v) is 7.76. The van der Waals surface area contributed by atoms with Crippen LogP contribution in [-0.4, -0.2) is 35.8 Å². The normalized spacial score (nSPS) is 13.7. The van der Waals surface area contributed by atoms with Crippen molar-refractivity contribution in [3.05, 3.63) is 46.0 Å². The summed E-state index contributed by atoms with van der Waals surface area (Å²) in [7, 11) is -3.91. The largest absolute Gasteiger partial charge is 0.267 e. The van der Waals surface area contributed by atoms with E-state index in [0.29, 0.717) is 12.1 Å². The molecule has 0 bridgehead atoms. The van der Waals surface area contributed by atoms with E-state index in [9.17, 15) is 18.5 Å². The summed E-state index contributed by atoms with van der Waals surface area (Å²) in [6.45, 7) is 1.48. The number of sulfonamides is 1. The maximum absolute atomic E-state index is 11.2. The van der Waals surface area contributed by atoms with E-state index in [0.717, 1.165) is 16.9 Å². The van der Waals surface area contributed by atoms with Crippen LogP contribution in [0.4, 0.5) is 5.13 Å². The second-order valence-electron chi connectivity index (χ2n) is 5.07. The fraction of sp³-hybridized carbons (Fsp3) is 0.308. The third-order valence-electron chi connectivity index (χ3n) is 3.11. The van der Waals surface area contributed by atoms with E-state index in [1.54, 1.807) is 6.92 Å². The highest BCUT2D eigenvalue weighted by atomic mass is 32.2. The zero-order valence-electron chi connectivity index (χ0n) is 12.7. The number of nitro groups is 1. The van der Waals surface area contributed by atoms with E-state index in [-0.39, 0.29) is 26.9 Å². The molecule has 128 valence electrons. The number of hydrogen-bond donors (Lipinski definition) is 1. The van der Waals surface area contributed by atoms with Crippen LogP contribution in [-0.2, 0) is 10.0 Å². The van der Waals surface area contributed by atoms with Crippen molar-refractivity contribution < 1.29 is 13.3 Å². The highest BCUT2D eigenvalue weighted by Crippen LogP contribution is 2.25. The molecule has 0 aliphatic carbocycles. The fourth-order valence-electron chi connectivity index (χ4n) is 2.12. The molecular formula is C13H15N5O4S2. The van der Waals surface area contributed by atoms with Gasteiger partial charge in [0.1, 0.15) is 0 Å². The van der Waals surface area contributed by atoms with Crippen LogP contribution < -0.4 is 5.14 Å². The van der Waals surface area contributed by atoms with Gasteiger partial charge >= 0.3 is 0 Å². The topological polar surface area (TPSA) is 141 Å². The van der Waals surface area contributed by atoms with E-state index in [1.807, 2.05) is 30.3 Å². The number of nitrogens with zero attached hydrogens (tertiary/aromatic N) is 4. The van der Waals surface area contributed by atoms with E-state index in [1.165, 1.54) is 0 Å². The Morgan fingerprint density at radius 1 is 1.38 bits per heavy atom. The van der Waals surface area contributed by atoms with Gasteiger partial charge in [-0.1, -0.05) is 41.7 Å². The van der Waals surface area contributed by atoms with Crippen LogP contribution in [0.25, 0.3) is 0 Å². The first-order valence-corrected chi connectivity index (χ1v) is 9.19. The quantitative estimate of drug-likeness (QED) is 0.447. The highest BCUT2D eigenvalue weighted by Gasteiger charge is 2.20. The van der Waals surface area contributed by atoms with Crippen LogP contribution >= 0.6 is 11.3 Å². The number of hydrogen-bond acceptors (Lipinski definition) is 8. The lowest BCUT2D eigenvalue weighted by molar-refractivity contribution is -0.483. The average molecular weight is 369 g/mol. The number of benzene rings is 1. The molecule has 0 aliphatic rings. The third-order valence-corrected chi connectivity index (χ3v) is 5.24. The number of primary sulfonamides is 1. The molecule has 1 atom stereocenters. The predicted molar refractivity (Wildman–Crippen MR) is 89.7 cm³/mol. The van der Waals surface area contributed by atoms with Crippen LogP contribution in [0.2, 0.25) is 0 Å². The summed E-state index contributed by atoms with van der Waals surface area (Å²) in [6.07, 6.45) is 0.343. The van der Waals surface area contributed by atoms with Crippen molar-refractivity contribution in [1.29, 1.82) is 0 Å². The first-order valence-electron chi connectivity index (χ1n) is 6.83. The van der Waals surface area contributed by atoms with Gasteiger partial charge in [-0.15, -0.1) is 10.2 Å². The minimum atomic E-state index is -3.91. The van der Waals surface area contributed by atoms with Gasteiger partial charge in [-0.3, -0.25) is 10.1 Å². The summed E-state index contributed by atoms with van der Waals surface area (Å²) in [6, 6.07) is 9.12. The van der Waals surface area contributed by atoms with Gasteiger partial charge in [-0.2, -0.15) is 0 Å². The smallest absolute Gasteiger partial charge is 0.265 e. The molecular weight excluding hydrogens is 354 g/mol. The van der Waals surface area contributed by atoms with Gasteiger partial charge < -0.3 is 0 Å². The van der Waals surface area contributed by atoms with Crippen LogP contribution in [0.1, 0.15) is 24.8 Å². The van der Waals surface area contributed by atoms with Crippen molar-refractivity contribution in [2.45, 2.75) is 23.6 Å². The molecule has 1 heterocycles. The molecule has 2 aromatic rings. The van der Waals surface area contributed by atoms with E-state index in [2.05, 4.69) is 15.2 Å². The van der Waals surface area contributed by atoms with Gasteiger partial charge in [-0.25, -0.2) is 18.5 Å². The van der Waals surface area contributed by atoms with Gasteiger partial charge in [-0.05, 0) is 18.9 Å². The number of rotatable bonds is 7.